The summed E-state index contributed by atoms with van der Waals surface area (Å²) in [5.74, 6) is -0.0398. The van der Waals surface area contributed by atoms with Gasteiger partial charge in [0.25, 0.3) is 0 Å². The Morgan fingerprint density at radius 1 is 1.38 bits per heavy atom. The van der Waals surface area contributed by atoms with E-state index in [0.29, 0.717) is 11.5 Å². The molecule has 0 radical (unpaired) electrons. The molecule has 0 saturated heterocycles. The molecule has 3 nitrogen and oxygen atoms in total. The standard InChI is InChI=1S/C12H10FNO2/c13-11(8-15)7-9-1-3-10(4-2-9)12-14-5-6-16-12/h1-7,15H,8H2. The van der Waals surface area contributed by atoms with E-state index in [4.69, 9.17) is 9.52 Å². The Bertz CT molecular complexity index is 474. The smallest absolute Gasteiger partial charge is 0.225 e. The minimum Gasteiger partial charge on any atom is -0.445 e. The number of hydrogen-bond donors (Lipinski definition) is 1. The van der Waals surface area contributed by atoms with Crippen molar-refractivity contribution in [2.45, 2.75) is 0 Å². The molecule has 0 amide bonds. The van der Waals surface area contributed by atoms with Crippen molar-refractivity contribution in [1.29, 1.82) is 0 Å². The molecule has 0 aliphatic rings. The van der Waals surface area contributed by atoms with Gasteiger partial charge in [-0.1, -0.05) is 12.1 Å². The first-order valence-corrected chi connectivity index (χ1v) is 4.76. The highest BCUT2D eigenvalue weighted by atomic mass is 19.1. The molecule has 82 valence electrons. The fourth-order valence-electron chi connectivity index (χ4n) is 1.31. The summed E-state index contributed by atoms with van der Waals surface area (Å²) in [6.07, 6.45) is 4.34. The molecule has 0 fully saturated rings. The highest BCUT2D eigenvalue weighted by Crippen LogP contribution is 2.18. The lowest BCUT2D eigenvalue weighted by atomic mass is 10.1. The number of rotatable bonds is 3. The molecule has 0 bridgehead atoms. The first-order chi connectivity index (χ1) is 7.79. The van der Waals surface area contributed by atoms with Crippen molar-refractivity contribution >= 4 is 6.08 Å². The van der Waals surface area contributed by atoms with Crippen LogP contribution in [0.2, 0.25) is 0 Å². The Morgan fingerprint density at radius 3 is 2.69 bits per heavy atom. The lowest BCUT2D eigenvalue weighted by Gasteiger charge is -1.97. The maximum atomic E-state index is 12.8. The van der Waals surface area contributed by atoms with E-state index in [0.717, 1.165) is 5.56 Å². The van der Waals surface area contributed by atoms with Crippen LogP contribution in [0.4, 0.5) is 4.39 Å². The van der Waals surface area contributed by atoms with Crippen LogP contribution < -0.4 is 0 Å². The highest BCUT2D eigenvalue weighted by Gasteiger charge is 2.01. The summed E-state index contributed by atoms with van der Waals surface area (Å²) in [4.78, 5) is 4.00. The molecule has 0 spiro atoms. The van der Waals surface area contributed by atoms with Gasteiger partial charge in [-0.2, -0.15) is 0 Å². The molecule has 2 rings (SSSR count). The lowest BCUT2D eigenvalue weighted by Crippen LogP contribution is -1.83. The van der Waals surface area contributed by atoms with Crippen molar-refractivity contribution < 1.29 is 13.9 Å². The molecule has 1 aromatic carbocycles. The fraction of sp³-hybridized carbons (Fsp3) is 0.0833. The third-order valence-electron chi connectivity index (χ3n) is 2.06. The Labute approximate surface area is 91.9 Å². The summed E-state index contributed by atoms with van der Waals surface area (Å²) in [5.41, 5.74) is 1.51. The summed E-state index contributed by atoms with van der Waals surface area (Å²) in [6, 6.07) is 7.02. The molecule has 0 unspecified atom stereocenters. The van der Waals surface area contributed by atoms with Crippen LogP contribution in [0.25, 0.3) is 17.5 Å². The van der Waals surface area contributed by atoms with Gasteiger partial charge in [-0.3, -0.25) is 0 Å². The number of aromatic nitrogens is 1. The molecule has 4 heteroatoms. The summed E-state index contributed by atoms with van der Waals surface area (Å²) in [5, 5.41) is 8.53. The van der Waals surface area contributed by atoms with Gasteiger partial charge in [-0.05, 0) is 23.8 Å². The monoisotopic (exact) mass is 219 g/mol. The molecule has 0 saturated carbocycles. The molecule has 1 heterocycles. The van der Waals surface area contributed by atoms with Gasteiger partial charge in [0, 0.05) is 5.56 Å². The zero-order valence-electron chi connectivity index (χ0n) is 8.43. The van der Waals surface area contributed by atoms with Crippen LogP contribution >= 0.6 is 0 Å². The van der Waals surface area contributed by atoms with Gasteiger partial charge < -0.3 is 9.52 Å². The Balaban J connectivity index is 2.23. The molecule has 16 heavy (non-hydrogen) atoms. The zero-order chi connectivity index (χ0) is 11.4. The van der Waals surface area contributed by atoms with Gasteiger partial charge >= 0.3 is 0 Å². The number of benzene rings is 1. The summed E-state index contributed by atoms with van der Waals surface area (Å²) in [6.45, 7) is -0.582. The van der Waals surface area contributed by atoms with Crippen molar-refractivity contribution in [2.75, 3.05) is 6.61 Å². The predicted molar refractivity (Wildman–Crippen MR) is 58.1 cm³/mol. The van der Waals surface area contributed by atoms with Crippen LogP contribution in [0.3, 0.4) is 0 Å². The van der Waals surface area contributed by atoms with Crippen LogP contribution in [0.1, 0.15) is 5.56 Å². The van der Waals surface area contributed by atoms with Crippen molar-refractivity contribution in [2.24, 2.45) is 0 Å². The Morgan fingerprint density at radius 2 is 2.12 bits per heavy atom. The zero-order valence-corrected chi connectivity index (χ0v) is 8.43. The van der Waals surface area contributed by atoms with Crippen LogP contribution in [-0.2, 0) is 0 Å². The van der Waals surface area contributed by atoms with E-state index in [2.05, 4.69) is 4.98 Å². The molecule has 0 aliphatic heterocycles. The van der Waals surface area contributed by atoms with E-state index in [-0.39, 0.29) is 0 Å². The molecule has 0 atom stereocenters. The number of nitrogens with zero attached hydrogens (tertiary/aromatic N) is 1. The number of aliphatic hydroxyl groups is 1. The largest absolute Gasteiger partial charge is 0.445 e. The Kier molecular flexibility index (Phi) is 3.12. The summed E-state index contributed by atoms with van der Waals surface area (Å²) >= 11 is 0. The topological polar surface area (TPSA) is 46.3 Å². The number of hydrogen-bond acceptors (Lipinski definition) is 3. The second-order valence-electron chi connectivity index (χ2n) is 3.21. The molecule has 1 aromatic heterocycles. The van der Waals surface area contributed by atoms with E-state index >= 15 is 0 Å². The van der Waals surface area contributed by atoms with Gasteiger partial charge in [0.2, 0.25) is 5.89 Å². The van der Waals surface area contributed by atoms with E-state index < -0.39 is 12.4 Å². The van der Waals surface area contributed by atoms with E-state index in [1.165, 1.54) is 12.3 Å². The molecule has 0 aliphatic carbocycles. The Hall–Kier alpha value is -1.94. The van der Waals surface area contributed by atoms with Crippen LogP contribution in [0.5, 0.6) is 0 Å². The maximum Gasteiger partial charge on any atom is 0.225 e. The SMILES string of the molecule is OCC(F)=Cc1ccc(-c2ncco2)cc1. The summed E-state index contributed by atoms with van der Waals surface area (Å²) < 4.78 is 17.9. The third-order valence-corrected chi connectivity index (χ3v) is 2.06. The van der Waals surface area contributed by atoms with E-state index in [1.54, 1.807) is 30.5 Å². The number of halogens is 1. The van der Waals surface area contributed by atoms with Crippen LogP contribution in [-0.4, -0.2) is 16.7 Å². The van der Waals surface area contributed by atoms with Gasteiger partial charge in [-0.25, -0.2) is 9.37 Å². The van der Waals surface area contributed by atoms with Crippen LogP contribution in [0, 0.1) is 0 Å². The predicted octanol–water partition coefficient (Wildman–Crippen LogP) is 2.64. The molecule has 1 N–H and O–H groups in total. The summed E-state index contributed by atoms with van der Waals surface area (Å²) in [7, 11) is 0. The second-order valence-corrected chi connectivity index (χ2v) is 3.21. The minimum absolute atomic E-state index is 0.526. The average Bonchev–Trinajstić information content (AvgIpc) is 2.83. The van der Waals surface area contributed by atoms with Crippen molar-refractivity contribution in [3.63, 3.8) is 0 Å². The second kappa shape index (κ2) is 4.72. The van der Waals surface area contributed by atoms with E-state index in [1.807, 2.05) is 0 Å². The maximum absolute atomic E-state index is 12.8. The number of aliphatic hydroxyl groups excluding tert-OH is 1. The molecular formula is C12H10FNO2. The van der Waals surface area contributed by atoms with Crippen molar-refractivity contribution in [1.82, 2.24) is 4.98 Å². The first kappa shape index (κ1) is 10.6. The van der Waals surface area contributed by atoms with Gasteiger partial charge in [0.1, 0.15) is 12.1 Å². The minimum atomic E-state index is -0.582. The van der Waals surface area contributed by atoms with Gasteiger partial charge in [0.05, 0.1) is 12.8 Å². The van der Waals surface area contributed by atoms with Gasteiger partial charge in [0.15, 0.2) is 0 Å². The third kappa shape index (κ3) is 2.35. The first-order valence-electron chi connectivity index (χ1n) is 4.76. The van der Waals surface area contributed by atoms with Gasteiger partial charge in [-0.15, -0.1) is 0 Å². The van der Waals surface area contributed by atoms with E-state index in [9.17, 15) is 4.39 Å². The lowest BCUT2D eigenvalue weighted by molar-refractivity contribution is 0.300. The van der Waals surface area contributed by atoms with Crippen LogP contribution in [0.15, 0.2) is 47.0 Å². The fourth-order valence-corrected chi connectivity index (χ4v) is 1.31. The van der Waals surface area contributed by atoms with Crippen molar-refractivity contribution in [3.05, 3.63) is 48.1 Å². The quantitative estimate of drug-likeness (QED) is 0.863. The van der Waals surface area contributed by atoms with Crippen molar-refractivity contribution in [3.8, 4) is 11.5 Å². The highest BCUT2D eigenvalue weighted by molar-refractivity contribution is 5.59. The molecular weight excluding hydrogens is 209 g/mol. The average molecular weight is 219 g/mol. The normalized spacial score (nSPS) is 11.8. The number of oxazole rings is 1. The molecule has 2 aromatic rings.